The standard InChI is InChI=1S/C19H25NO/c1-4-10-20-19(17-8-6-5-7-9-17)14-21-18-12-15(2)11-16(3)13-18/h5-9,11-13,19-20H,4,10,14H2,1-3H3. The molecule has 0 aliphatic carbocycles. The summed E-state index contributed by atoms with van der Waals surface area (Å²) in [6.45, 7) is 8.02. The number of aryl methyl sites for hydroxylation is 2. The van der Waals surface area contributed by atoms with Crippen LogP contribution in [0.15, 0.2) is 48.5 Å². The molecule has 1 N–H and O–H groups in total. The second-order valence-electron chi connectivity index (χ2n) is 5.55. The van der Waals surface area contributed by atoms with E-state index in [1.54, 1.807) is 0 Å². The highest BCUT2D eigenvalue weighted by molar-refractivity contribution is 5.33. The minimum atomic E-state index is 0.229. The summed E-state index contributed by atoms with van der Waals surface area (Å²) in [6, 6.07) is 17.1. The van der Waals surface area contributed by atoms with E-state index in [-0.39, 0.29) is 6.04 Å². The van der Waals surface area contributed by atoms with E-state index in [1.807, 2.05) is 6.07 Å². The van der Waals surface area contributed by atoms with Gasteiger partial charge < -0.3 is 10.1 Å². The fourth-order valence-electron chi connectivity index (χ4n) is 2.47. The third-order valence-electron chi connectivity index (χ3n) is 3.45. The Morgan fingerprint density at radius 1 is 1.00 bits per heavy atom. The van der Waals surface area contributed by atoms with Crippen molar-refractivity contribution in [1.29, 1.82) is 0 Å². The fraction of sp³-hybridized carbons (Fsp3) is 0.368. The third kappa shape index (κ3) is 4.91. The second kappa shape index (κ2) is 7.84. The van der Waals surface area contributed by atoms with Crippen molar-refractivity contribution in [3.8, 4) is 5.75 Å². The highest BCUT2D eigenvalue weighted by Gasteiger charge is 2.11. The number of benzene rings is 2. The van der Waals surface area contributed by atoms with Gasteiger partial charge >= 0.3 is 0 Å². The molecule has 21 heavy (non-hydrogen) atoms. The van der Waals surface area contributed by atoms with E-state index in [4.69, 9.17) is 4.74 Å². The first-order valence-corrected chi connectivity index (χ1v) is 7.68. The van der Waals surface area contributed by atoms with Gasteiger partial charge in [-0.25, -0.2) is 0 Å². The number of rotatable bonds is 7. The van der Waals surface area contributed by atoms with E-state index < -0.39 is 0 Å². The molecule has 2 heteroatoms. The Balaban J connectivity index is 2.05. The number of hydrogen-bond acceptors (Lipinski definition) is 2. The minimum Gasteiger partial charge on any atom is -0.492 e. The molecule has 0 fully saturated rings. The molecular weight excluding hydrogens is 258 g/mol. The minimum absolute atomic E-state index is 0.229. The summed E-state index contributed by atoms with van der Waals surface area (Å²) in [7, 11) is 0. The summed E-state index contributed by atoms with van der Waals surface area (Å²) in [5.74, 6) is 0.951. The van der Waals surface area contributed by atoms with Crippen molar-refractivity contribution in [3.05, 3.63) is 65.2 Å². The van der Waals surface area contributed by atoms with Crippen molar-refractivity contribution in [2.45, 2.75) is 33.2 Å². The maximum atomic E-state index is 6.02. The molecule has 1 atom stereocenters. The molecule has 2 aromatic carbocycles. The predicted molar refractivity (Wildman–Crippen MR) is 88.9 cm³/mol. The van der Waals surface area contributed by atoms with Gasteiger partial charge in [0.15, 0.2) is 0 Å². The summed E-state index contributed by atoms with van der Waals surface area (Å²) in [6.07, 6.45) is 1.12. The highest BCUT2D eigenvalue weighted by Crippen LogP contribution is 2.19. The molecule has 112 valence electrons. The number of ether oxygens (including phenoxy) is 1. The van der Waals surface area contributed by atoms with Crippen molar-refractivity contribution in [3.63, 3.8) is 0 Å². The Morgan fingerprint density at radius 3 is 2.29 bits per heavy atom. The second-order valence-corrected chi connectivity index (χ2v) is 5.55. The lowest BCUT2D eigenvalue weighted by atomic mass is 10.1. The topological polar surface area (TPSA) is 21.3 Å². The Kier molecular flexibility index (Phi) is 5.82. The van der Waals surface area contributed by atoms with Crippen molar-refractivity contribution in [2.24, 2.45) is 0 Å². The number of nitrogens with one attached hydrogen (secondary N) is 1. The van der Waals surface area contributed by atoms with Gasteiger partial charge in [-0.1, -0.05) is 43.3 Å². The van der Waals surface area contributed by atoms with Crippen LogP contribution in [-0.2, 0) is 0 Å². The van der Waals surface area contributed by atoms with Crippen LogP contribution in [0.1, 0.15) is 36.1 Å². The quantitative estimate of drug-likeness (QED) is 0.812. The van der Waals surface area contributed by atoms with E-state index in [9.17, 15) is 0 Å². The van der Waals surface area contributed by atoms with Gasteiger partial charge in [-0.05, 0) is 55.6 Å². The predicted octanol–water partition coefficient (Wildman–Crippen LogP) is 4.42. The normalized spacial score (nSPS) is 12.1. The molecule has 2 nitrogen and oxygen atoms in total. The van der Waals surface area contributed by atoms with Gasteiger partial charge in [0, 0.05) is 0 Å². The third-order valence-corrected chi connectivity index (χ3v) is 3.45. The molecule has 0 heterocycles. The van der Waals surface area contributed by atoms with Gasteiger partial charge in [-0.15, -0.1) is 0 Å². The summed E-state index contributed by atoms with van der Waals surface area (Å²) in [5, 5.41) is 3.56. The SMILES string of the molecule is CCCNC(COc1cc(C)cc(C)c1)c1ccccc1. The summed E-state index contributed by atoms with van der Waals surface area (Å²) in [4.78, 5) is 0. The van der Waals surface area contributed by atoms with Crippen LogP contribution in [0.4, 0.5) is 0 Å². The fourth-order valence-corrected chi connectivity index (χ4v) is 2.47. The van der Waals surface area contributed by atoms with Crippen LogP contribution in [0.2, 0.25) is 0 Å². The number of hydrogen-bond donors (Lipinski definition) is 1. The molecule has 0 radical (unpaired) electrons. The van der Waals surface area contributed by atoms with Crippen molar-refractivity contribution in [1.82, 2.24) is 5.32 Å². The molecule has 1 unspecified atom stereocenters. The molecule has 0 saturated carbocycles. The van der Waals surface area contributed by atoms with Crippen LogP contribution in [0.3, 0.4) is 0 Å². The van der Waals surface area contributed by atoms with Gasteiger partial charge in [0.2, 0.25) is 0 Å². The van der Waals surface area contributed by atoms with Crippen molar-refractivity contribution < 1.29 is 4.74 Å². The average molecular weight is 283 g/mol. The highest BCUT2D eigenvalue weighted by atomic mass is 16.5. The van der Waals surface area contributed by atoms with E-state index in [0.717, 1.165) is 18.7 Å². The molecule has 2 aromatic rings. The Morgan fingerprint density at radius 2 is 1.67 bits per heavy atom. The lowest BCUT2D eigenvalue weighted by molar-refractivity contribution is 0.266. The largest absolute Gasteiger partial charge is 0.492 e. The molecule has 0 aromatic heterocycles. The molecular formula is C19H25NO. The van der Waals surface area contributed by atoms with Crippen molar-refractivity contribution in [2.75, 3.05) is 13.2 Å². The zero-order chi connectivity index (χ0) is 15.1. The molecule has 0 aliphatic heterocycles. The molecule has 0 aliphatic rings. The Labute approximate surface area is 128 Å². The average Bonchev–Trinajstić information content (AvgIpc) is 2.47. The zero-order valence-corrected chi connectivity index (χ0v) is 13.2. The first kappa shape index (κ1) is 15.6. The van der Waals surface area contributed by atoms with Crippen LogP contribution < -0.4 is 10.1 Å². The van der Waals surface area contributed by atoms with E-state index in [0.29, 0.717) is 6.61 Å². The lowest BCUT2D eigenvalue weighted by Crippen LogP contribution is -2.27. The molecule has 0 amide bonds. The maximum absolute atomic E-state index is 6.02. The van der Waals surface area contributed by atoms with Gasteiger partial charge in [0.05, 0.1) is 6.04 Å². The van der Waals surface area contributed by atoms with Gasteiger partial charge in [-0.2, -0.15) is 0 Å². The van der Waals surface area contributed by atoms with Crippen LogP contribution in [-0.4, -0.2) is 13.2 Å². The van der Waals surface area contributed by atoms with Crippen LogP contribution in [0, 0.1) is 13.8 Å². The first-order valence-electron chi connectivity index (χ1n) is 7.68. The molecule has 0 saturated heterocycles. The maximum Gasteiger partial charge on any atom is 0.119 e. The smallest absolute Gasteiger partial charge is 0.119 e. The molecule has 2 rings (SSSR count). The lowest BCUT2D eigenvalue weighted by Gasteiger charge is -2.20. The van der Waals surface area contributed by atoms with Gasteiger partial charge in [-0.3, -0.25) is 0 Å². The van der Waals surface area contributed by atoms with Gasteiger partial charge in [0.25, 0.3) is 0 Å². The van der Waals surface area contributed by atoms with Crippen LogP contribution in [0.25, 0.3) is 0 Å². The van der Waals surface area contributed by atoms with Crippen LogP contribution in [0.5, 0.6) is 5.75 Å². The monoisotopic (exact) mass is 283 g/mol. The van der Waals surface area contributed by atoms with Gasteiger partial charge in [0.1, 0.15) is 12.4 Å². The first-order chi connectivity index (χ1) is 10.2. The van der Waals surface area contributed by atoms with E-state index >= 15 is 0 Å². The molecule has 0 spiro atoms. The summed E-state index contributed by atoms with van der Waals surface area (Å²) < 4.78 is 6.02. The Bertz CT molecular complexity index is 530. The Hall–Kier alpha value is -1.80. The van der Waals surface area contributed by atoms with Crippen molar-refractivity contribution >= 4 is 0 Å². The van der Waals surface area contributed by atoms with E-state index in [2.05, 4.69) is 68.6 Å². The molecule has 0 bridgehead atoms. The van der Waals surface area contributed by atoms with Crippen LogP contribution >= 0.6 is 0 Å². The summed E-state index contributed by atoms with van der Waals surface area (Å²) in [5.41, 5.74) is 3.75. The van der Waals surface area contributed by atoms with E-state index in [1.165, 1.54) is 16.7 Å². The summed E-state index contributed by atoms with van der Waals surface area (Å²) >= 11 is 0. The zero-order valence-electron chi connectivity index (χ0n) is 13.2.